The van der Waals surface area contributed by atoms with Crippen molar-refractivity contribution < 1.29 is 24.2 Å². The Balaban J connectivity index is 1.88. The number of nitrogens with zero attached hydrogens (tertiary/aromatic N) is 1. The van der Waals surface area contributed by atoms with Crippen LogP contribution in [0.2, 0.25) is 0 Å². The summed E-state index contributed by atoms with van der Waals surface area (Å²) < 4.78 is 10.6. The molecule has 1 saturated heterocycles. The van der Waals surface area contributed by atoms with Gasteiger partial charge in [0, 0.05) is 6.61 Å². The van der Waals surface area contributed by atoms with Gasteiger partial charge in [0.25, 0.3) is 0 Å². The van der Waals surface area contributed by atoms with Crippen molar-refractivity contribution in [2.24, 2.45) is 0 Å². The molecule has 0 spiro atoms. The van der Waals surface area contributed by atoms with Gasteiger partial charge in [-0.3, -0.25) is 9.69 Å². The minimum atomic E-state index is -1.07. The summed E-state index contributed by atoms with van der Waals surface area (Å²) in [7, 11) is 0. The molecule has 0 bridgehead atoms. The van der Waals surface area contributed by atoms with Crippen molar-refractivity contribution in [2.45, 2.75) is 25.6 Å². The van der Waals surface area contributed by atoms with Gasteiger partial charge in [-0.2, -0.15) is 0 Å². The van der Waals surface area contributed by atoms with Crippen LogP contribution in [0.1, 0.15) is 18.4 Å². The topological polar surface area (TPSA) is 76.1 Å². The zero-order valence-corrected chi connectivity index (χ0v) is 11.7. The largest absolute Gasteiger partial charge is 0.480 e. The Hall–Kier alpha value is -2.08. The Morgan fingerprint density at radius 2 is 2.10 bits per heavy atom. The Morgan fingerprint density at radius 3 is 2.71 bits per heavy atom. The summed E-state index contributed by atoms with van der Waals surface area (Å²) in [5.41, 5.74) is 0.859. The Morgan fingerprint density at radius 1 is 1.33 bits per heavy atom. The molecule has 6 nitrogen and oxygen atoms in total. The van der Waals surface area contributed by atoms with Crippen LogP contribution in [0.3, 0.4) is 0 Å². The second-order valence-electron chi connectivity index (χ2n) is 4.95. The van der Waals surface area contributed by atoms with Gasteiger partial charge in [0.15, 0.2) is 0 Å². The van der Waals surface area contributed by atoms with E-state index in [2.05, 4.69) is 0 Å². The van der Waals surface area contributed by atoms with Crippen molar-refractivity contribution in [3.8, 4) is 0 Å². The number of rotatable bonds is 6. The molecule has 1 atom stereocenters. The van der Waals surface area contributed by atoms with Crippen LogP contribution in [0.5, 0.6) is 0 Å². The van der Waals surface area contributed by atoms with E-state index in [1.807, 2.05) is 30.3 Å². The molecule has 0 radical (unpaired) electrons. The van der Waals surface area contributed by atoms with E-state index in [0.29, 0.717) is 6.61 Å². The molecule has 1 N–H and O–H groups in total. The van der Waals surface area contributed by atoms with Crippen molar-refractivity contribution in [1.82, 2.24) is 4.90 Å². The molecule has 1 aliphatic heterocycles. The highest BCUT2D eigenvalue weighted by molar-refractivity contribution is 5.76. The molecular formula is C15H19NO5. The van der Waals surface area contributed by atoms with Gasteiger partial charge in [0.1, 0.15) is 13.2 Å². The van der Waals surface area contributed by atoms with Crippen LogP contribution in [-0.2, 0) is 20.9 Å². The van der Waals surface area contributed by atoms with Crippen LogP contribution in [0, 0.1) is 0 Å². The van der Waals surface area contributed by atoms with Gasteiger partial charge >= 0.3 is 12.1 Å². The number of carbonyl (C=O) groups excluding carboxylic acids is 1. The smallest absolute Gasteiger partial charge is 0.410 e. The van der Waals surface area contributed by atoms with Crippen LogP contribution in [-0.4, -0.2) is 47.9 Å². The second-order valence-corrected chi connectivity index (χ2v) is 4.95. The minimum absolute atomic E-state index is 0.103. The van der Waals surface area contributed by atoms with Crippen molar-refractivity contribution in [1.29, 1.82) is 0 Å². The van der Waals surface area contributed by atoms with Crippen molar-refractivity contribution in [3.05, 3.63) is 35.9 Å². The number of amides is 1. The molecule has 1 aromatic carbocycles. The maximum atomic E-state index is 12.0. The average Bonchev–Trinajstić information content (AvgIpc) is 2.98. The number of hydrogen-bond acceptors (Lipinski definition) is 4. The van der Waals surface area contributed by atoms with Gasteiger partial charge in [-0.25, -0.2) is 4.79 Å². The lowest BCUT2D eigenvalue weighted by Crippen LogP contribution is -2.41. The van der Waals surface area contributed by atoms with Crippen molar-refractivity contribution in [3.63, 3.8) is 0 Å². The number of carboxylic acids is 1. The zero-order valence-electron chi connectivity index (χ0n) is 11.7. The predicted molar refractivity (Wildman–Crippen MR) is 74.8 cm³/mol. The van der Waals surface area contributed by atoms with Gasteiger partial charge in [0.05, 0.1) is 12.6 Å². The summed E-state index contributed by atoms with van der Waals surface area (Å²) in [5, 5.41) is 8.90. The number of benzene rings is 1. The first-order chi connectivity index (χ1) is 10.1. The fourth-order valence-electron chi connectivity index (χ4n) is 2.21. The van der Waals surface area contributed by atoms with Crippen molar-refractivity contribution >= 4 is 12.1 Å². The molecule has 114 valence electrons. The normalized spacial score (nSPS) is 17.4. The van der Waals surface area contributed by atoms with E-state index in [1.54, 1.807) is 0 Å². The molecule has 0 saturated carbocycles. The fourth-order valence-corrected chi connectivity index (χ4v) is 2.21. The second kappa shape index (κ2) is 7.64. The number of carboxylic acid groups (broad SMARTS) is 1. The third-order valence-electron chi connectivity index (χ3n) is 3.24. The molecular weight excluding hydrogens is 274 g/mol. The van der Waals surface area contributed by atoms with Crippen LogP contribution >= 0.6 is 0 Å². The first-order valence-electron chi connectivity index (χ1n) is 6.94. The third kappa shape index (κ3) is 5.07. The standard InChI is InChI=1S/C15H19NO5/c17-14(18)10-16(9-13-7-4-8-20-13)15(19)21-11-12-5-2-1-3-6-12/h1-3,5-6,13H,4,7-11H2,(H,17,18). The minimum Gasteiger partial charge on any atom is -0.480 e. The summed E-state index contributed by atoms with van der Waals surface area (Å²) >= 11 is 0. The van der Waals surface area contributed by atoms with Gasteiger partial charge in [0.2, 0.25) is 0 Å². The highest BCUT2D eigenvalue weighted by Gasteiger charge is 2.25. The number of hydrogen-bond donors (Lipinski definition) is 1. The summed E-state index contributed by atoms with van der Waals surface area (Å²) in [6.45, 7) is 0.652. The Kier molecular flexibility index (Phi) is 5.57. The van der Waals surface area contributed by atoms with E-state index in [9.17, 15) is 9.59 Å². The fraction of sp³-hybridized carbons (Fsp3) is 0.467. The molecule has 1 heterocycles. The molecule has 2 rings (SSSR count). The lowest BCUT2D eigenvalue weighted by Gasteiger charge is -2.23. The molecule has 1 fully saturated rings. The van der Waals surface area contributed by atoms with Crippen LogP contribution < -0.4 is 0 Å². The van der Waals surface area contributed by atoms with Gasteiger partial charge in [-0.1, -0.05) is 30.3 Å². The summed E-state index contributed by atoms with van der Waals surface area (Å²) in [6.07, 6.45) is 1.04. The number of ether oxygens (including phenoxy) is 2. The predicted octanol–water partition coefficient (Wildman–Crippen LogP) is 1.89. The molecule has 6 heteroatoms. The summed E-state index contributed by atoms with van der Waals surface area (Å²) in [6, 6.07) is 9.26. The first kappa shape index (κ1) is 15.3. The monoisotopic (exact) mass is 293 g/mol. The average molecular weight is 293 g/mol. The van der Waals surface area contributed by atoms with E-state index in [4.69, 9.17) is 14.6 Å². The number of carbonyl (C=O) groups is 2. The Labute approximate surface area is 123 Å². The highest BCUT2D eigenvalue weighted by Crippen LogP contribution is 2.14. The number of aliphatic carboxylic acids is 1. The maximum Gasteiger partial charge on any atom is 0.410 e. The lowest BCUT2D eigenvalue weighted by molar-refractivity contribution is -0.138. The molecule has 1 aliphatic rings. The van der Waals surface area contributed by atoms with Gasteiger partial charge < -0.3 is 14.6 Å². The SMILES string of the molecule is O=C(O)CN(CC1CCCO1)C(=O)OCc1ccccc1. The summed E-state index contributed by atoms with van der Waals surface area (Å²) in [5.74, 6) is -1.07. The molecule has 1 unspecified atom stereocenters. The molecule has 0 aliphatic carbocycles. The molecule has 21 heavy (non-hydrogen) atoms. The third-order valence-corrected chi connectivity index (χ3v) is 3.24. The van der Waals surface area contributed by atoms with E-state index in [0.717, 1.165) is 18.4 Å². The van der Waals surface area contributed by atoms with E-state index in [-0.39, 0.29) is 25.8 Å². The zero-order chi connectivity index (χ0) is 15.1. The Bertz CT molecular complexity index is 470. The molecule has 0 aromatic heterocycles. The molecule has 1 amide bonds. The highest BCUT2D eigenvalue weighted by atomic mass is 16.6. The van der Waals surface area contributed by atoms with Crippen LogP contribution in [0.15, 0.2) is 30.3 Å². The maximum absolute atomic E-state index is 12.0. The van der Waals surface area contributed by atoms with Crippen LogP contribution in [0.25, 0.3) is 0 Å². The quantitative estimate of drug-likeness (QED) is 0.866. The van der Waals surface area contributed by atoms with E-state index >= 15 is 0 Å². The van der Waals surface area contributed by atoms with Crippen LogP contribution in [0.4, 0.5) is 4.79 Å². The molecule has 1 aromatic rings. The summed E-state index contributed by atoms with van der Waals surface area (Å²) in [4.78, 5) is 24.1. The van der Waals surface area contributed by atoms with Gasteiger partial charge in [-0.05, 0) is 18.4 Å². The lowest BCUT2D eigenvalue weighted by atomic mass is 10.2. The van der Waals surface area contributed by atoms with E-state index < -0.39 is 12.1 Å². The van der Waals surface area contributed by atoms with E-state index in [1.165, 1.54) is 4.90 Å². The van der Waals surface area contributed by atoms with Crippen molar-refractivity contribution in [2.75, 3.05) is 19.7 Å². The van der Waals surface area contributed by atoms with Gasteiger partial charge in [-0.15, -0.1) is 0 Å². The first-order valence-corrected chi connectivity index (χ1v) is 6.94.